The topological polar surface area (TPSA) is 64.2 Å². The summed E-state index contributed by atoms with van der Waals surface area (Å²) < 4.78 is 1.76. The van der Waals surface area contributed by atoms with E-state index >= 15 is 0 Å². The predicted octanol–water partition coefficient (Wildman–Crippen LogP) is 2.93. The molecule has 1 atom stereocenters. The lowest BCUT2D eigenvalue weighted by Gasteiger charge is -2.25. The van der Waals surface area contributed by atoms with Gasteiger partial charge in [0.05, 0.1) is 0 Å². The fourth-order valence-electron chi connectivity index (χ4n) is 3.26. The van der Waals surface area contributed by atoms with Crippen LogP contribution in [0.1, 0.15) is 24.8 Å². The molecule has 0 saturated carbocycles. The first-order valence-electron chi connectivity index (χ1n) is 7.63. The van der Waals surface area contributed by atoms with E-state index in [1.807, 2.05) is 25.2 Å². The summed E-state index contributed by atoms with van der Waals surface area (Å²) in [6, 6.07) is 10.7. The first-order valence-corrected chi connectivity index (χ1v) is 7.63. The molecule has 1 aliphatic rings. The zero-order valence-electron chi connectivity index (χ0n) is 12.7. The van der Waals surface area contributed by atoms with Gasteiger partial charge >= 0.3 is 5.82 Å². The summed E-state index contributed by atoms with van der Waals surface area (Å²) in [5, 5.41) is 11.2. The van der Waals surface area contributed by atoms with Crippen molar-refractivity contribution in [1.82, 2.24) is 9.55 Å². The molecule has 1 unspecified atom stereocenters. The lowest BCUT2D eigenvalue weighted by molar-refractivity contribution is -0.388. The van der Waals surface area contributed by atoms with Gasteiger partial charge < -0.3 is 15.0 Å². The van der Waals surface area contributed by atoms with Crippen molar-refractivity contribution >= 4 is 11.6 Å². The lowest BCUT2D eigenvalue weighted by atomic mass is 10.0. The van der Waals surface area contributed by atoms with Crippen LogP contribution in [0.25, 0.3) is 0 Å². The maximum absolute atomic E-state index is 11.2. The molecule has 116 valence electrons. The van der Waals surface area contributed by atoms with Crippen LogP contribution < -0.4 is 4.90 Å². The Morgan fingerprint density at radius 3 is 2.86 bits per heavy atom. The number of aromatic nitrogens is 2. The van der Waals surface area contributed by atoms with Crippen LogP contribution in [0.2, 0.25) is 0 Å². The molecular formula is C16H20N4O2. The van der Waals surface area contributed by atoms with Crippen molar-refractivity contribution in [2.24, 2.45) is 7.05 Å². The Bertz CT molecular complexity index is 653. The monoisotopic (exact) mass is 300 g/mol. The highest BCUT2D eigenvalue weighted by Crippen LogP contribution is 2.33. The number of hydrogen-bond donors (Lipinski definition) is 0. The Kier molecular flexibility index (Phi) is 4.09. The van der Waals surface area contributed by atoms with Gasteiger partial charge in [0, 0.05) is 19.6 Å². The second kappa shape index (κ2) is 6.17. The van der Waals surface area contributed by atoms with Crippen molar-refractivity contribution in [2.75, 3.05) is 11.4 Å². The van der Waals surface area contributed by atoms with Gasteiger partial charge in [-0.25, -0.2) is 0 Å². The van der Waals surface area contributed by atoms with Crippen LogP contribution in [0, 0.1) is 10.1 Å². The van der Waals surface area contributed by atoms with E-state index in [1.54, 1.807) is 4.57 Å². The zero-order chi connectivity index (χ0) is 15.5. The SMILES string of the molecule is Cn1cnc([N+](=O)[O-])c1N1CCCC1CCc1ccccc1. The Morgan fingerprint density at radius 2 is 2.14 bits per heavy atom. The van der Waals surface area contributed by atoms with Gasteiger partial charge in [-0.15, -0.1) is 0 Å². The van der Waals surface area contributed by atoms with Crippen LogP contribution in [0.15, 0.2) is 36.7 Å². The molecule has 22 heavy (non-hydrogen) atoms. The van der Waals surface area contributed by atoms with Crippen LogP contribution in [0.3, 0.4) is 0 Å². The Hall–Kier alpha value is -2.37. The second-order valence-electron chi connectivity index (χ2n) is 5.77. The third-order valence-electron chi connectivity index (χ3n) is 4.32. The Morgan fingerprint density at radius 1 is 1.36 bits per heavy atom. The summed E-state index contributed by atoms with van der Waals surface area (Å²) in [5.41, 5.74) is 1.31. The van der Waals surface area contributed by atoms with E-state index in [0.717, 1.165) is 32.2 Å². The molecule has 6 heteroatoms. The van der Waals surface area contributed by atoms with E-state index in [1.165, 1.54) is 11.9 Å². The number of imidazole rings is 1. The Balaban J connectivity index is 1.76. The van der Waals surface area contributed by atoms with Crippen LogP contribution in [0.4, 0.5) is 11.6 Å². The standard InChI is InChI=1S/C16H20N4O2/c1-18-12-17-15(20(21)22)16(18)19-11-5-8-14(19)10-9-13-6-3-2-4-7-13/h2-4,6-7,12,14H,5,8-11H2,1H3. The molecule has 0 N–H and O–H groups in total. The molecule has 6 nitrogen and oxygen atoms in total. The molecule has 0 amide bonds. The van der Waals surface area contributed by atoms with E-state index in [-0.39, 0.29) is 10.7 Å². The lowest BCUT2D eigenvalue weighted by Crippen LogP contribution is -2.31. The van der Waals surface area contributed by atoms with E-state index in [0.29, 0.717) is 11.9 Å². The molecule has 2 heterocycles. The number of nitrogens with zero attached hydrogens (tertiary/aromatic N) is 4. The van der Waals surface area contributed by atoms with Gasteiger partial charge in [-0.1, -0.05) is 30.3 Å². The smallest absolute Gasteiger partial charge is 0.358 e. The summed E-state index contributed by atoms with van der Waals surface area (Å²) in [4.78, 5) is 16.9. The van der Waals surface area contributed by atoms with Gasteiger partial charge in [-0.3, -0.25) is 4.57 Å². The molecule has 1 fully saturated rings. The number of rotatable bonds is 5. The molecule has 2 aromatic rings. The quantitative estimate of drug-likeness (QED) is 0.629. The largest absolute Gasteiger partial charge is 0.406 e. The summed E-state index contributed by atoms with van der Waals surface area (Å²) in [7, 11) is 1.82. The van der Waals surface area contributed by atoms with Gasteiger partial charge in [0.25, 0.3) is 0 Å². The van der Waals surface area contributed by atoms with Crippen molar-refractivity contribution in [2.45, 2.75) is 31.7 Å². The normalized spacial score (nSPS) is 17.9. The van der Waals surface area contributed by atoms with Crippen molar-refractivity contribution in [1.29, 1.82) is 0 Å². The maximum atomic E-state index is 11.2. The average molecular weight is 300 g/mol. The maximum Gasteiger partial charge on any atom is 0.406 e. The number of hydrogen-bond acceptors (Lipinski definition) is 4. The molecule has 0 radical (unpaired) electrons. The minimum absolute atomic E-state index is 0.0332. The van der Waals surface area contributed by atoms with E-state index in [9.17, 15) is 10.1 Å². The summed E-state index contributed by atoms with van der Waals surface area (Å²) in [6.45, 7) is 0.861. The summed E-state index contributed by atoms with van der Waals surface area (Å²) >= 11 is 0. The fraction of sp³-hybridized carbons (Fsp3) is 0.438. The number of aryl methyl sites for hydroxylation is 2. The van der Waals surface area contributed by atoms with Crippen LogP contribution >= 0.6 is 0 Å². The molecule has 0 aliphatic carbocycles. The predicted molar refractivity (Wildman–Crippen MR) is 85.0 cm³/mol. The molecule has 1 aromatic carbocycles. The van der Waals surface area contributed by atoms with Crippen molar-refractivity contribution < 1.29 is 4.92 Å². The molecule has 1 saturated heterocycles. The van der Waals surface area contributed by atoms with Crippen molar-refractivity contribution in [3.05, 3.63) is 52.3 Å². The summed E-state index contributed by atoms with van der Waals surface area (Å²) in [5.74, 6) is 0.606. The Labute approximate surface area is 129 Å². The number of anilines is 1. The van der Waals surface area contributed by atoms with Crippen molar-refractivity contribution in [3.8, 4) is 0 Å². The van der Waals surface area contributed by atoms with Crippen LogP contribution in [0.5, 0.6) is 0 Å². The number of benzene rings is 1. The van der Waals surface area contributed by atoms with E-state index < -0.39 is 0 Å². The molecule has 1 aromatic heterocycles. The van der Waals surface area contributed by atoms with Crippen molar-refractivity contribution in [3.63, 3.8) is 0 Å². The van der Waals surface area contributed by atoms with Gasteiger partial charge in [0.15, 0.2) is 0 Å². The van der Waals surface area contributed by atoms with Gasteiger partial charge in [0.2, 0.25) is 12.1 Å². The van der Waals surface area contributed by atoms with E-state index in [2.05, 4.69) is 22.0 Å². The third kappa shape index (κ3) is 2.81. The number of nitro groups is 1. The highest BCUT2D eigenvalue weighted by molar-refractivity contribution is 5.56. The van der Waals surface area contributed by atoms with Gasteiger partial charge in [0.1, 0.15) is 0 Å². The van der Waals surface area contributed by atoms with Gasteiger partial charge in [-0.05, 0) is 41.2 Å². The molecule has 0 bridgehead atoms. The molecule has 3 rings (SSSR count). The minimum Gasteiger partial charge on any atom is -0.358 e. The van der Waals surface area contributed by atoms with Gasteiger partial charge in [-0.2, -0.15) is 0 Å². The molecule has 1 aliphatic heterocycles. The average Bonchev–Trinajstić information content (AvgIpc) is 3.12. The van der Waals surface area contributed by atoms with E-state index in [4.69, 9.17) is 0 Å². The second-order valence-corrected chi connectivity index (χ2v) is 5.77. The van der Waals surface area contributed by atoms with Crippen LogP contribution in [-0.2, 0) is 13.5 Å². The first kappa shape index (κ1) is 14.6. The minimum atomic E-state index is -0.387. The third-order valence-corrected chi connectivity index (χ3v) is 4.32. The highest BCUT2D eigenvalue weighted by Gasteiger charge is 2.33. The molecule has 0 spiro atoms. The molecular weight excluding hydrogens is 280 g/mol. The summed E-state index contributed by atoms with van der Waals surface area (Å²) in [6.07, 6.45) is 5.68. The highest BCUT2D eigenvalue weighted by atomic mass is 16.6. The first-order chi connectivity index (χ1) is 10.7. The van der Waals surface area contributed by atoms with Crippen LogP contribution in [-0.4, -0.2) is 27.1 Å². The fourth-order valence-corrected chi connectivity index (χ4v) is 3.26. The zero-order valence-corrected chi connectivity index (χ0v) is 12.7.